The maximum atomic E-state index is 14.0. The van der Waals surface area contributed by atoms with Crippen LogP contribution < -0.4 is 5.32 Å². The Labute approximate surface area is 190 Å². The number of amides is 1. The number of fused-ring (bicyclic) bond motifs is 1. The summed E-state index contributed by atoms with van der Waals surface area (Å²) >= 11 is 12.5. The van der Waals surface area contributed by atoms with E-state index in [9.17, 15) is 4.79 Å². The number of halogens is 2. The van der Waals surface area contributed by atoms with Crippen molar-refractivity contribution < 1.29 is 4.79 Å². The van der Waals surface area contributed by atoms with Crippen LogP contribution in [0.25, 0.3) is 0 Å². The van der Waals surface area contributed by atoms with Crippen molar-refractivity contribution in [1.29, 1.82) is 0 Å². The zero-order chi connectivity index (χ0) is 21.5. The van der Waals surface area contributed by atoms with Crippen LogP contribution in [0.4, 0.5) is 5.82 Å². The Morgan fingerprint density at radius 3 is 2.65 bits per heavy atom. The molecular weight excluding hydrogens is 433 g/mol. The molecule has 2 aliphatic heterocycles. The lowest BCUT2D eigenvalue weighted by atomic mass is 9.93. The number of anilines is 1. The number of pyridine rings is 1. The molecule has 8 heteroatoms. The van der Waals surface area contributed by atoms with E-state index in [1.54, 1.807) is 24.7 Å². The van der Waals surface area contributed by atoms with Gasteiger partial charge < -0.3 is 10.2 Å². The summed E-state index contributed by atoms with van der Waals surface area (Å²) in [5.41, 5.74) is 3.45. The average Bonchev–Trinajstić information content (AvgIpc) is 3.44. The molecular formula is C23H21Cl2N5O. The van der Waals surface area contributed by atoms with Gasteiger partial charge in [-0.1, -0.05) is 29.3 Å². The van der Waals surface area contributed by atoms with Gasteiger partial charge in [0.15, 0.2) is 0 Å². The fourth-order valence-electron chi connectivity index (χ4n) is 4.57. The molecule has 0 bridgehead atoms. The Kier molecular flexibility index (Phi) is 5.20. The Morgan fingerprint density at radius 1 is 1.06 bits per heavy atom. The topological polar surface area (TPSA) is 63.1 Å². The zero-order valence-corrected chi connectivity index (χ0v) is 18.4. The molecule has 4 heterocycles. The smallest absolute Gasteiger partial charge is 0.254 e. The number of carbonyl (C=O) groups is 1. The number of hydrogen-bond donors (Lipinski definition) is 1. The van der Waals surface area contributed by atoms with Gasteiger partial charge in [0.2, 0.25) is 0 Å². The molecule has 2 aliphatic rings. The Balaban J connectivity index is 1.58. The van der Waals surface area contributed by atoms with Gasteiger partial charge in [0.25, 0.3) is 5.91 Å². The van der Waals surface area contributed by atoms with Crippen LogP contribution in [0, 0.1) is 0 Å². The highest BCUT2D eigenvalue weighted by molar-refractivity contribution is 6.42. The van der Waals surface area contributed by atoms with Gasteiger partial charge in [-0.25, -0.2) is 4.68 Å². The summed E-state index contributed by atoms with van der Waals surface area (Å²) in [6.07, 6.45) is 7.17. The van der Waals surface area contributed by atoms with E-state index in [-0.39, 0.29) is 11.9 Å². The minimum Gasteiger partial charge on any atom is -0.344 e. The van der Waals surface area contributed by atoms with E-state index in [0.29, 0.717) is 22.2 Å². The monoisotopic (exact) mass is 453 g/mol. The Morgan fingerprint density at radius 2 is 1.87 bits per heavy atom. The highest BCUT2D eigenvalue weighted by Crippen LogP contribution is 2.41. The zero-order valence-electron chi connectivity index (χ0n) is 16.9. The van der Waals surface area contributed by atoms with Crippen LogP contribution in [0.15, 0.2) is 66.3 Å². The van der Waals surface area contributed by atoms with Crippen LogP contribution in [-0.2, 0) is 4.79 Å². The maximum absolute atomic E-state index is 14.0. The van der Waals surface area contributed by atoms with E-state index < -0.39 is 6.04 Å². The maximum Gasteiger partial charge on any atom is 0.254 e. The first-order valence-electron chi connectivity index (χ1n) is 10.2. The molecule has 1 amide bonds. The van der Waals surface area contributed by atoms with Gasteiger partial charge in [-0.3, -0.25) is 9.78 Å². The van der Waals surface area contributed by atoms with Crippen molar-refractivity contribution in [3.8, 4) is 0 Å². The largest absolute Gasteiger partial charge is 0.344 e. The van der Waals surface area contributed by atoms with Gasteiger partial charge in [-0.05, 0) is 55.2 Å². The lowest BCUT2D eigenvalue weighted by molar-refractivity contribution is -0.128. The number of nitrogens with one attached hydrogen (secondary N) is 1. The van der Waals surface area contributed by atoms with Crippen molar-refractivity contribution >= 4 is 34.9 Å². The minimum absolute atomic E-state index is 0.00142. The van der Waals surface area contributed by atoms with Crippen molar-refractivity contribution in [2.45, 2.75) is 31.8 Å². The SMILES string of the molecule is CC1=C(C(=O)N2CCCC2c2ccncc2)C(c2ccc(Cl)c(Cl)c2)n2nccc2N1. The minimum atomic E-state index is -0.396. The third-order valence-corrected chi connectivity index (χ3v) is 6.74. The highest BCUT2D eigenvalue weighted by atomic mass is 35.5. The molecule has 1 saturated heterocycles. The lowest BCUT2D eigenvalue weighted by Gasteiger charge is -2.34. The number of rotatable bonds is 3. The number of carbonyl (C=O) groups excluding carboxylic acids is 1. The molecule has 1 fully saturated rings. The normalized spacial score (nSPS) is 20.5. The van der Waals surface area contributed by atoms with Crippen molar-refractivity contribution in [3.05, 3.63) is 87.4 Å². The molecule has 0 radical (unpaired) electrons. The van der Waals surface area contributed by atoms with Crippen LogP contribution in [0.3, 0.4) is 0 Å². The summed E-state index contributed by atoms with van der Waals surface area (Å²) < 4.78 is 1.83. The van der Waals surface area contributed by atoms with Crippen molar-refractivity contribution in [2.75, 3.05) is 11.9 Å². The number of aromatic nitrogens is 3. The summed E-state index contributed by atoms with van der Waals surface area (Å²) in [7, 11) is 0. The van der Waals surface area contributed by atoms with Crippen LogP contribution >= 0.6 is 23.2 Å². The van der Waals surface area contributed by atoms with Gasteiger partial charge in [0.05, 0.1) is 27.9 Å². The predicted molar refractivity (Wildman–Crippen MR) is 121 cm³/mol. The van der Waals surface area contributed by atoms with E-state index in [0.717, 1.165) is 35.5 Å². The van der Waals surface area contributed by atoms with E-state index in [1.165, 1.54) is 0 Å². The first-order chi connectivity index (χ1) is 15.0. The molecule has 158 valence electrons. The number of hydrogen-bond acceptors (Lipinski definition) is 4. The molecule has 2 atom stereocenters. The molecule has 0 spiro atoms. The first-order valence-corrected chi connectivity index (χ1v) is 11.0. The Bertz CT molecular complexity index is 1170. The van der Waals surface area contributed by atoms with E-state index in [2.05, 4.69) is 15.4 Å². The van der Waals surface area contributed by atoms with E-state index >= 15 is 0 Å². The molecule has 1 N–H and O–H groups in total. The molecule has 31 heavy (non-hydrogen) atoms. The van der Waals surface area contributed by atoms with Crippen LogP contribution in [0.2, 0.25) is 10.0 Å². The van der Waals surface area contributed by atoms with E-state index in [4.69, 9.17) is 23.2 Å². The number of benzene rings is 1. The quantitative estimate of drug-likeness (QED) is 0.588. The number of nitrogens with zero attached hydrogens (tertiary/aromatic N) is 4. The van der Waals surface area contributed by atoms with Crippen molar-refractivity contribution in [1.82, 2.24) is 19.7 Å². The fraction of sp³-hybridized carbons (Fsp3) is 0.261. The lowest BCUT2D eigenvalue weighted by Crippen LogP contribution is -2.38. The first kappa shape index (κ1) is 20.1. The van der Waals surface area contributed by atoms with Crippen LogP contribution in [-0.4, -0.2) is 32.1 Å². The summed E-state index contributed by atoms with van der Waals surface area (Å²) in [6, 6.07) is 11.0. The van der Waals surface area contributed by atoms with Gasteiger partial charge >= 0.3 is 0 Å². The van der Waals surface area contributed by atoms with Crippen LogP contribution in [0.1, 0.15) is 43.0 Å². The van der Waals surface area contributed by atoms with Crippen molar-refractivity contribution in [2.24, 2.45) is 0 Å². The Hall–Kier alpha value is -2.83. The standard InChI is InChI=1S/C23H21Cl2N5O/c1-14-21(23(31)29-12-2-3-19(29)15-6-9-26-10-7-15)22(30-20(28-14)8-11-27-30)16-4-5-17(24)18(25)13-16/h4-11,13,19,22,28H,2-3,12H2,1H3. The van der Waals surface area contributed by atoms with Gasteiger partial charge in [-0.15, -0.1) is 0 Å². The molecule has 6 nitrogen and oxygen atoms in total. The third kappa shape index (κ3) is 3.50. The molecule has 2 aromatic heterocycles. The van der Waals surface area contributed by atoms with Gasteiger partial charge in [0, 0.05) is 30.7 Å². The van der Waals surface area contributed by atoms with Crippen LogP contribution in [0.5, 0.6) is 0 Å². The fourth-order valence-corrected chi connectivity index (χ4v) is 4.88. The van der Waals surface area contributed by atoms with Gasteiger partial charge in [-0.2, -0.15) is 5.10 Å². The molecule has 2 unspecified atom stereocenters. The van der Waals surface area contributed by atoms with E-state index in [1.807, 2.05) is 46.8 Å². The highest BCUT2D eigenvalue weighted by Gasteiger charge is 2.39. The van der Waals surface area contributed by atoms with Gasteiger partial charge in [0.1, 0.15) is 11.9 Å². The molecule has 5 rings (SSSR count). The number of likely N-dealkylation sites (tertiary alicyclic amines) is 1. The third-order valence-electron chi connectivity index (χ3n) is 6.00. The average molecular weight is 454 g/mol. The summed E-state index contributed by atoms with van der Waals surface area (Å²) in [5, 5.41) is 8.77. The number of allylic oxidation sites excluding steroid dienone is 1. The second-order valence-corrected chi connectivity index (χ2v) is 8.65. The molecule has 1 aromatic carbocycles. The summed E-state index contributed by atoms with van der Waals surface area (Å²) in [4.78, 5) is 20.1. The molecule has 0 saturated carbocycles. The van der Waals surface area contributed by atoms with Crippen molar-refractivity contribution in [3.63, 3.8) is 0 Å². The predicted octanol–water partition coefficient (Wildman–Crippen LogP) is 5.24. The molecule has 3 aromatic rings. The molecule has 0 aliphatic carbocycles. The summed E-state index contributed by atoms with van der Waals surface area (Å²) in [5.74, 6) is 0.832. The summed E-state index contributed by atoms with van der Waals surface area (Å²) in [6.45, 7) is 2.65. The second-order valence-electron chi connectivity index (χ2n) is 7.84. The second kappa shape index (κ2) is 8.02.